The summed E-state index contributed by atoms with van der Waals surface area (Å²) in [6, 6.07) is 4.60. The highest BCUT2D eigenvalue weighted by Crippen LogP contribution is 2.33. The predicted molar refractivity (Wildman–Crippen MR) is 124 cm³/mol. The summed E-state index contributed by atoms with van der Waals surface area (Å²) >= 11 is 0. The molecule has 0 bridgehead atoms. The fourth-order valence-corrected chi connectivity index (χ4v) is 4.42. The maximum Gasteiger partial charge on any atom is 0.222 e. The molecule has 3 aromatic rings. The first-order chi connectivity index (χ1) is 15.8. The maximum atomic E-state index is 6.51. The first-order valence-electron chi connectivity index (χ1n) is 11.6. The molecule has 168 valence electrons. The standard InChI is InChI=1S/C24H30N6O2/c1-2-17-15-27-24(28-16-17)29-18-3-5-20(6-4-18)32-22-14-19(30-9-11-31-12-10-30)13-21-23(22)26-8-7-25-21/h7-8,13-16,18,20H,2-6,9-12H2,1H3,(H,27,28,29). The lowest BCUT2D eigenvalue weighted by atomic mass is 9.93. The van der Waals surface area contributed by atoms with E-state index in [1.807, 2.05) is 12.4 Å². The zero-order valence-electron chi connectivity index (χ0n) is 18.5. The van der Waals surface area contributed by atoms with Crippen molar-refractivity contribution in [2.45, 2.75) is 51.2 Å². The lowest BCUT2D eigenvalue weighted by Gasteiger charge is -2.31. The highest BCUT2D eigenvalue weighted by atomic mass is 16.5. The molecule has 0 spiro atoms. The molecule has 0 atom stereocenters. The van der Waals surface area contributed by atoms with Crippen molar-refractivity contribution in [3.8, 4) is 5.75 Å². The van der Waals surface area contributed by atoms with Crippen LogP contribution in [0, 0.1) is 0 Å². The highest BCUT2D eigenvalue weighted by Gasteiger charge is 2.24. The topological polar surface area (TPSA) is 85.3 Å². The third-order valence-corrected chi connectivity index (χ3v) is 6.31. The molecule has 1 saturated carbocycles. The van der Waals surface area contributed by atoms with Crippen LogP contribution in [0.15, 0.2) is 36.9 Å². The molecule has 32 heavy (non-hydrogen) atoms. The molecule has 5 rings (SSSR count). The predicted octanol–water partition coefficient (Wildman–Crippen LogP) is 3.62. The van der Waals surface area contributed by atoms with Gasteiger partial charge in [0.2, 0.25) is 5.95 Å². The van der Waals surface area contributed by atoms with Gasteiger partial charge < -0.3 is 19.7 Å². The van der Waals surface area contributed by atoms with Gasteiger partial charge in [0.25, 0.3) is 0 Å². The third kappa shape index (κ3) is 4.75. The lowest BCUT2D eigenvalue weighted by molar-refractivity contribution is 0.122. The van der Waals surface area contributed by atoms with E-state index in [1.54, 1.807) is 12.4 Å². The minimum absolute atomic E-state index is 0.168. The van der Waals surface area contributed by atoms with Gasteiger partial charge in [-0.3, -0.25) is 4.98 Å². The number of rotatable bonds is 6. The number of aromatic nitrogens is 4. The Kier molecular flexibility index (Phi) is 6.29. The fraction of sp³-hybridized carbons (Fsp3) is 0.500. The molecule has 1 aliphatic heterocycles. The lowest BCUT2D eigenvalue weighted by Crippen LogP contribution is -2.36. The van der Waals surface area contributed by atoms with Gasteiger partial charge in [-0.2, -0.15) is 0 Å². The summed E-state index contributed by atoms with van der Waals surface area (Å²) in [5.41, 5.74) is 3.98. The van der Waals surface area contributed by atoms with Gasteiger partial charge in [-0.15, -0.1) is 0 Å². The number of hydrogen-bond donors (Lipinski definition) is 1. The first-order valence-corrected chi connectivity index (χ1v) is 11.6. The van der Waals surface area contributed by atoms with E-state index in [0.717, 1.165) is 86.4 Å². The summed E-state index contributed by atoms with van der Waals surface area (Å²) in [5, 5.41) is 3.48. The number of morpholine rings is 1. The summed E-state index contributed by atoms with van der Waals surface area (Å²) in [6.07, 6.45) is 12.4. The molecule has 0 unspecified atom stereocenters. The average molecular weight is 435 g/mol. The molecule has 0 amide bonds. The van der Waals surface area contributed by atoms with Crippen LogP contribution in [0.5, 0.6) is 5.75 Å². The molecule has 1 N–H and O–H groups in total. The molecule has 2 fully saturated rings. The molecule has 1 aliphatic carbocycles. The molecule has 3 heterocycles. The van der Waals surface area contributed by atoms with E-state index in [0.29, 0.717) is 12.0 Å². The Bertz CT molecular complexity index is 1030. The number of nitrogens with zero attached hydrogens (tertiary/aromatic N) is 5. The van der Waals surface area contributed by atoms with Crippen molar-refractivity contribution in [1.29, 1.82) is 0 Å². The molecule has 2 aromatic heterocycles. The van der Waals surface area contributed by atoms with Gasteiger partial charge in [0.05, 0.1) is 24.8 Å². The minimum Gasteiger partial charge on any atom is -0.488 e. The fourth-order valence-electron chi connectivity index (χ4n) is 4.42. The Labute approximate surface area is 188 Å². The van der Waals surface area contributed by atoms with E-state index >= 15 is 0 Å². The van der Waals surface area contributed by atoms with E-state index in [9.17, 15) is 0 Å². The number of fused-ring (bicyclic) bond motifs is 1. The average Bonchev–Trinajstić information content (AvgIpc) is 2.86. The molecular formula is C24H30N6O2. The van der Waals surface area contributed by atoms with Crippen LogP contribution in [-0.4, -0.2) is 58.4 Å². The second-order valence-corrected chi connectivity index (χ2v) is 8.47. The number of benzene rings is 1. The van der Waals surface area contributed by atoms with Crippen molar-refractivity contribution in [3.63, 3.8) is 0 Å². The minimum atomic E-state index is 0.168. The van der Waals surface area contributed by atoms with Crippen molar-refractivity contribution in [1.82, 2.24) is 19.9 Å². The second kappa shape index (κ2) is 9.65. The Morgan fingerprint density at radius 1 is 1.00 bits per heavy atom. The van der Waals surface area contributed by atoms with Crippen LogP contribution in [0.4, 0.5) is 11.6 Å². The third-order valence-electron chi connectivity index (χ3n) is 6.31. The largest absolute Gasteiger partial charge is 0.488 e. The van der Waals surface area contributed by atoms with Crippen LogP contribution in [0.2, 0.25) is 0 Å². The van der Waals surface area contributed by atoms with Gasteiger partial charge in [-0.25, -0.2) is 15.0 Å². The number of nitrogens with one attached hydrogen (secondary N) is 1. The van der Waals surface area contributed by atoms with Crippen molar-refractivity contribution in [2.24, 2.45) is 0 Å². The molecular weight excluding hydrogens is 404 g/mol. The Morgan fingerprint density at radius 2 is 1.75 bits per heavy atom. The summed E-state index contributed by atoms with van der Waals surface area (Å²) in [7, 11) is 0. The smallest absolute Gasteiger partial charge is 0.222 e. The Balaban J connectivity index is 1.25. The normalized spacial score (nSPS) is 21.5. The van der Waals surface area contributed by atoms with E-state index in [-0.39, 0.29) is 6.10 Å². The summed E-state index contributed by atoms with van der Waals surface area (Å²) in [4.78, 5) is 20.3. The second-order valence-electron chi connectivity index (χ2n) is 8.47. The summed E-state index contributed by atoms with van der Waals surface area (Å²) < 4.78 is 12.0. The van der Waals surface area contributed by atoms with Crippen LogP contribution in [0.1, 0.15) is 38.2 Å². The van der Waals surface area contributed by atoms with Gasteiger partial charge in [-0.05, 0) is 43.7 Å². The molecule has 1 aromatic carbocycles. The Morgan fingerprint density at radius 3 is 2.50 bits per heavy atom. The van der Waals surface area contributed by atoms with Gasteiger partial charge in [-0.1, -0.05) is 6.92 Å². The van der Waals surface area contributed by atoms with E-state index in [1.165, 1.54) is 0 Å². The zero-order chi connectivity index (χ0) is 21.8. The SMILES string of the molecule is CCc1cnc(NC2CCC(Oc3cc(N4CCOCC4)cc4nccnc34)CC2)nc1. The molecule has 8 nitrogen and oxygen atoms in total. The molecule has 1 saturated heterocycles. The van der Waals surface area contributed by atoms with E-state index < -0.39 is 0 Å². The van der Waals surface area contributed by atoms with Crippen molar-refractivity contribution >= 4 is 22.7 Å². The van der Waals surface area contributed by atoms with Gasteiger partial charge in [0, 0.05) is 55.7 Å². The number of hydrogen-bond acceptors (Lipinski definition) is 8. The number of anilines is 2. The molecule has 0 radical (unpaired) electrons. The quantitative estimate of drug-likeness (QED) is 0.630. The van der Waals surface area contributed by atoms with Crippen molar-refractivity contribution < 1.29 is 9.47 Å². The number of aryl methyl sites for hydroxylation is 1. The van der Waals surface area contributed by atoms with Crippen molar-refractivity contribution in [3.05, 3.63) is 42.5 Å². The summed E-state index contributed by atoms with van der Waals surface area (Å²) in [6.45, 7) is 5.36. The van der Waals surface area contributed by atoms with Gasteiger partial charge in [0.15, 0.2) is 0 Å². The van der Waals surface area contributed by atoms with Gasteiger partial charge in [0.1, 0.15) is 11.3 Å². The van der Waals surface area contributed by atoms with Crippen LogP contribution in [0.25, 0.3) is 11.0 Å². The van der Waals surface area contributed by atoms with Crippen LogP contribution in [0.3, 0.4) is 0 Å². The van der Waals surface area contributed by atoms with Crippen molar-refractivity contribution in [2.75, 3.05) is 36.5 Å². The molecule has 8 heteroatoms. The van der Waals surface area contributed by atoms with E-state index in [2.05, 4.69) is 49.2 Å². The first kappa shape index (κ1) is 20.9. The van der Waals surface area contributed by atoms with Gasteiger partial charge >= 0.3 is 0 Å². The van der Waals surface area contributed by atoms with Crippen LogP contribution >= 0.6 is 0 Å². The zero-order valence-corrected chi connectivity index (χ0v) is 18.5. The Hall–Kier alpha value is -3.00. The van der Waals surface area contributed by atoms with Crippen LogP contribution < -0.4 is 15.0 Å². The number of ether oxygens (including phenoxy) is 2. The highest BCUT2D eigenvalue weighted by molar-refractivity contribution is 5.85. The monoisotopic (exact) mass is 434 g/mol. The van der Waals surface area contributed by atoms with Crippen LogP contribution in [-0.2, 0) is 11.2 Å². The summed E-state index contributed by atoms with van der Waals surface area (Å²) in [5.74, 6) is 1.54. The van der Waals surface area contributed by atoms with E-state index in [4.69, 9.17) is 9.47 Å². The molecule has 2 aliphatic rings. The maximum absolute atomic E-state index is 6.51.